The van der Waals surface area contributed by atoms with E-state index < -0.39 is 0 Å². The molecule has 1 spiro atoms. The van der Waals surface area contributed by atoms with E-state index in [0.717, 1.165) is 26.1 Å². The molecule has 1 aliphatic heterocycles. The zero-order valence-corrected chi connectivity index (χ0v) is 12.4. The lowest BCUT2D eigenvalue weighted by Crippen LogP contribution is -2.63. The van der Waals surface area contributed by atoms with E-state index in [1.165, 1.54) is 31.2 Å². The Morgan fingerprint density at radius 2 is 2.00 bits per heavy atom. The highest BCUT2D eigenvalue weighted by atomic mass is 15.3. The number of nitrogens with zero attached hydrogens (tertiary/aromatic N) is 1. The Kier molecular flexibility index (Phi) is 4.23. The molecule has 0 bridgehead atoms. The average molecular weight is 270 g/mol. The van der Waals surface area contributed by atoms with Gasteiger partial charge in [0.1, 0.15) is 0 Å². The van der Waals surface area contributed by atoms with Crippen LogP contribution in [0.1, 0.15) is 31.2 Å². The first-order valence-corrected chi connectivity index (χ1v) is 7.96. The van der Waals surface area contributed by atoms with Crippen LogP contribution < -0.4 is 5.32 Å². The summed E-state index contributed by atoms with van der Waals surface area (Å²) in [7, 11) is 0. The van der Waals surface area contributed by atoms with Crippen molar-refractivity contribution in [1.82, 2.24) is 10.2 Å². The van der Waals surface area contributed by atoms with Crippen LogP contribution in [0.3, 0.4) is 0 Å². The lowest BCUT2D eigenvalue weighted by Gasteiger charge is -2.48. The quantitative estimate of drug-likeness (QED) is 0.846. The Labute approximate surface area is 122 Å². The van der Waals surface area contributed by atoms with Gasteiger partial charge in [0.25, 0.3) is 0 Å². The monoisotopic (exact) mass is 270 g/mol. The van der Waals surface area contributed by atoms with Gasteiger partial charge in [-0.1, -0.05) is 49.2 Å². The van der Waals surface area contributed by atoms with Crippen LogP contribution in [0.5, 0.6) is 0 Å². The van der Waals surface area contributed by atoms with Crippen molar-refractivity contribution in [3.05, 3.63) is 48.6 Å². The van der Waals surface area contributed by atoms with Crippen molar-refractivity contribution in [1.29, 1.82) is 0 Å². The van der Waals surface area contributed by atoms with Gasteiger partial charge >= 0.3 is 0 Å². The van der Waals surface area contributed by atoms with E-state index in [0.29, 0.717) is 11.6 Å². The lowest BCUT2D eigenvalue weighted by atomic mass is 9.89. The minimum atomic E-state index is 0.418. The maximum Gasteiger partial charge on any atom is 0.0338 e. The molecular weight excluding hydrogens is 244 g/mol. The molecule has 0 aromatic heterocycles. The Hall–Kier alpha value is -1.12. The minimum absolute atomic E-state index is 0.418. The van der Waals surface area contributed by atoms with Crippen molar-refractivity contribution < 1.29 is 0 Å². The average Bonchev–Trinajstić information content (AvgIpc) is 2.94. The van der Waals surface area contributed by atoms with Gasteiger partial charge in [0, 0.05) is 31.2 Å². The number of hydrogen-bond acceptors (Lipinski definition) is 2. The van der Waals surface area contributed by atoms with E-state index in [-0.39, 0.29) is 0 Å². The molecule has 1 saturated carbocycles. The Bertz CT molecular complexity index is 434. The molecule has 108 valence electrons. The van der Waals surface area contributed by atoms with E-state index in [4.69, 9.17) is 0 Å². The van der Waals surface area contributed by atoms with Crippen LogP contribution in [0.25, 0.3) is 0 Å². The van der Waals surface area contributed by atoms with E-state index in [2.05, 4.69) is 53.2 Å². The molecule has 2 fully saturated rings. The summed E-state index contributed by atoms with van der Waals surface area (Å²) in [5, 5.41) is 3.81. The fourth-order valence-electron chi connectivity index (χ4n) is 3.96. The van der Waals surface area contributed by atoms with Gasteiger partial charge in [0.15, 0.2) is 0 Å². The molecule has 2 nitrogen and oxygen atoms in total. The van der Waals surface area contributed by atoms with Crippen molar-refractivity contribution in [3.63, 3.8) is 0 Å². The second-order valence-corrected chi connectivity index (χ2v) is 6.39. The summed E-state index contributed by atoms with van der Waals surface area (Å²) < 4.78 is 0. The molecule has 1 saturated heterocycles. The maximum absolute atomic E-state index is 3.96. The van der Waals surface area contributed by atoms with Crippen LogP contribution >= 0.6 is 0 Å². The smallest absolute Gasteiger partial charge is 0.0338 e. The summed E-state index contributed by atoms with van der Waals surface area (Å²) >= 11 is 0. The number of rotatable bonds is 4. The molecule has 1 unspecified atom stereocenters. The highest BCUT2D eigenvalue weighted by molar-refractivity contribution is 5.17. The molecule has 3 rings (SSSR count). The van der Waals surface area contributed by atoms with E-state index in [9.17, 15) is 0 Å². The summed E-state index contributed by atoms with van der Waals surface area (Å²) in [5.41, 5.74) is 1.85. The topological polar surface area (TPSA) is 15.3 Å². The van der Waals surface area contributed by atoms with E-state index in [1.54, 1.807) is 0 Å². The van der Waals surface area contributed by atoms with E-state index >= 15 is 0 Å². The Morgan fingerprint density at radius 3 is 2.70 bits per heavy atom. The third-order valence-electron chi connectivity index (χ3n) is 5.04. The molecule has 20 heavy (non-hydrogen) atoms. The SMILES string of the molecule is C=CCN1CC(Cc2ccccc2)NCC12CCCC2. The van der Waals surface area contributed by atoms with Gasteiger partial charge in [-0.05, 0) is 24.8 Å². The minimum Gasteiger partial charge on any atom is -0.311 e. The van der Waals surface area contributed by atoms with Crippen LogP contribution in [-0.2, 0) is 6.42 Å². The van der Waals surface area contributed by atoms with Gasteiger partial charge in [0.2, 0.25) is 0 Å². The Morgan fingerprint density at radius 1 is 1.25 bits per heavy atom. The zero-order chi connectivity index (χ0) is 13.8. The third kappa shape index (κ3) is 2.82. The predicted molar refractivity (Wildman–Crippen MR) is 84.9 cm³/mol. The van der Waals surface area contributed by atoms with Crippen LogP contribution in [0.4, 0.5) is 0 Å². The predicted octanol–water partition coefficient (Wildman–Crippen LogP) is 3.00. The van der Waals surface area contributed by atoms with Crippen molar-refractivity contribution in [2.24, 2.45) is 0 Å². The second kappa shape index (κ2) is 6.11. The first-order chi connectivity index (χ1) is 9.82. The van der Waals surface area contributed by atoms with Gasteiger partial charge in [-0.15, -0.1) is 6.58 Å². The van der Waals surface area contributed by atoms with Gasteiger partial charge in [-0.3, -0.25) is 4.90 Å². The molecule has 0 amide bonds. The number of piperazine rings is 1. The molecular formula is C18H26N2. The molecule has 1 aliphatic carbocycles. The van der Waals surface area contributed by atoms with Crippen molar-refractivity contribution in [2.75, 3.05) is 19.6 Å². The lowest BCUT2D eigenvalue weighted by molar-refractivity contribution is 0.0543. The van der Waals surface area contributed by atoms with Gasteiger partial charge in [-0.25, -0.2) is 0 Å². The van der Waals surface area contributed by atoms with Crippen molar-refractivity contribution in [3.8, 4) is 0 Å². The van der Waals surface area contributed by atoms with E-state index in [1.807, 2.05) is 0 Å². The highest BCUT2D eigenvalue weighted by Gasteiger charge is 2.42. The maximum atomic E-state index is 3.96. The van der Waals surface area contributed by atoms with Crippen LogP contribution in [0, 0.1) is 0 Å². The molecule has 1 aromatic rings. The summed E-state index contributed by atoms with van der Waals surface area (Å²) in [5.74, 6) is 0. The van der Waals surface area contributed by atoms with Crippen molar-refractivity contribution >= 4 is 0 Å². The molecule has 0 radical (unpaired) electrons. The molecule has 2 heteroatoms. The zero-order valence-electron chi connectivity index (χ0n) is 12.4. The number of hydrogen-bond donors (Lipinski definition) is 1. The Balaban J connectivity index is 1.67. The number of nitrogens with one attached hydrogen (secondary N) is 1. The first-order valence-electron chi connectivity index (χ1n) is 7.96. The first kappa shape index (κ1) is 13.8. The summed E-state index contributed by atoms with van der Waals surface area (Å²) in [4.78, 5) is 2.69. The summed E-state index contributed by atoms with van der Waals surface area (Å²) in [6, 6.07) is 11.4. The summed E-state index contributed by atoms with van der Waals surface area (Å²) in [6.07, 6.45) is 8.69. The largest absolute Gasteiger partial charge is 0.311 e. The van der Waals surface area contributed by atoms with Crippen LogP contribution in [-0.4, -0.2) is 36.1 Å². The van der Waals surface area contributed by atoms with Gasteiger partial charge < -0.3 is 5.32 Å². The molecule has 2 aliphatic rings. The van der Waals surface area contributed by atoms with Gasteiger partial charge in [0.05, 0.1) is 0 Å². The van der Waals surface area contributed by atoms with Crippen molar-refractivity contribution in [2.45, 2.75) is 43.7 Å². The third-order valence-corrected chi connectivity index (χ3v) is 5.04. The van der Waals surface area contributed by atoms with Crippen LogP contribution in [0.2, 0.25) is 0 Å². The van der Waals surface area contributed by atoms with Crippen LogP contribution in [0.15, 0.2) is 43.0 Å². The fraction of sp³-hybridized carbons (Fsp3) is 0.556. The standard InChI is InChI=1S/C18H26N2/c1-2-12-20-14-17(13-16-8-4-3-5-9-16)19-15-18(20)10-6-7-11-18/h2-5,8-9,17,19H,1,6-7,10-15H2. The molecule has 1 aromatic carbocycles. The highest BCUT2D eigenvalue weighted by Crippen LogP contribution is 2.36. The summed E-state index contributed by atoms with van der Waals surface area (Å²) in [6.45, 7) is 7.30. The number of benzene rings is 1. The normalized spacial score (nSPS) is 25.9. The molecule has 1 heterocycles. The molecule has 1 atom stereocenters. The van der Waals surface area contributed by atoms with Gasteiger partial charge in [-0.2, -0.15) is 0 Å². The second-order valence-electron chi connectivity index (χ2n) is 6.39. The molecule has 1 N–H and O–H groups in total. The fourth-order valence-corrected chi connectivity index (χ4v) is 3.96.